The summed E-state index contributed by atoms with van der Waals surface area (Å²) in [6.45, 7) is 4.60. The molecule has 0 N–H and O–H groups in total. The molecule has 0 aromatic heterocycles. The molecule has 0 spiro atoms. The Hall–Kier alpha value is -0.237. The first-order chi connectivity index (χ1) is 5.29. The molecule has 0 saturated heterocycles. The average Bonchev–Trinajstić information content (AvgIpc) is 2.03. The topological polar surface area (TPSA) is 0 Å². The molecule has 0 aliphatic carbocycles. The third-order valence-electron chi connectivity index (χ3n) is 1.49. The fourth-order valence-electron chi connectivity index (χ4n) is 0.878. The van der Waals surface area contributed by atoms with Gasteiger partial charge in [0.2, 0.25) is 0 Å². The second kappa shape index (κ2) is 4.60. The van der Waals surface area contributed by atoms with Crippen LogP contribution in [0.3, 0.4) is 0 Å². The van der Waals surface area contributed by atoms with Crippen LogP contribution in [0.1, 0.15) is 13.8 Å². The van der Waals surface area contributed by atoms with Gasteiger partial charge in [-0.1, -0.05) is 0 Å². The van der Waals surface area contributed by atoms with E-state index in [1.807, 2.05) is 0 Å². The molecule has 1 rings (SSSR count). The van der Waals surface area contributed by atoms with Crippen LogP contribution in [0, 0.1) is 5.92 Å². The van der Waals surface area contributed by atoms with Crippen LogP contribution in [0.2, 0.25) is 5.25 Å². The third kappa shape index (κ3) is 3.61. The second-order valence-corrected chi connectivity index (χ2v) is 5.95. The van der Waals surface area contributed by atoms with Gasteiger partial charge in [-0.3, -0.25) is 0 Å². The summed E-state index contributed by atoms with van der Waals surface area (Å²) in [5, 5.41) is 1.42. The summed E-state index contributed by atoms with van der Waals surface area (Å²) in [4.78, 5) is 0. The molecule has 1 aromatic rings. The zero-order valence-corrected chi connectivity index (χ0v) is 9.27. The predicted octanol–water partition coefficient (Wildman–Crippen LogP) is 2.09. The van der Waals surface area contributed by atoms with Crippen molar-refractivity contribution < 1.29 is 0 Å². The number of benzene rings is 1. The molecule has 0 nitrogen and oxygen atoms in total. The normalized spacial score (nSPS) is 10.5. The van der Waals surface area contributed by atoms with Crippen LogP contribution in [-0.2, 0) is 0 Å². The van der Waals surface area contributed by atoms with Gasteiger partial charge < -0.3 is 0 Å². The predicted molar refractivity (Wildman–Crippen MR) is 51.5 cm³/mol. The second-order valence-electron chi connectivity index (χ2n) is 3.14. The molecule has 2 radical (unpaired) electrons. The van der Waals surface area contributed by atoms with Crippen molar-refractivity contribution in [2.24, 2.45) is 5.92 Å². The molecule has 11 heavy (non-hydrogen) atoms. The van der Waals surface area contributed by atoms with Gasteiger partial charge in [-0.15, -0.1) is 0 Å². The van der Waals surface area contributed by atoms with Gasteiger partial charge in [0.1, 0.15) is 0 Å². The molecule has 0 aliphatic rings. The van der Waals surface area contributed by atoms with Crippen LogP contribution >= 0.6 is 0 Å². The maximum absolute atomic E-state index is 2.30. The van der Waals surface area contributed by atoms with E-state index in [1.165, 1.54) is 5.25 Å². The van der Waals surface area contributed by atoms with Crippen molar-refractivity contribution in [2.75, 3.05) is 0 Å². The van der Waals surface area contributed by atoms with Crippen LogP contribution in [0.5, 0.6) is 0 Å². The molecule has 58 valence electrons. The summed E-state index contributed by atoms with van der Waals surface area (Å²) in [6, 6.07) is 10.9. The first kappa shape index (κ1) is 8.86. The molecule has 0 aliphatic heterocycles. The van der Waals surface area contributed by atoms with Crippen LogP contribution < -0.4 is 4.40 Å². The van der Waals surface area contributed by atoms with Crippen molar-refractivity contribution in [1.82, 2.24) is 0 Å². The van der Waals surface area contributed by atoms with Gasteiger partial charge in [0, 0.05) is 0 Å². The van der Waals surface area contributed by atoms with Gasteiger partial charge in [0.05, 0.1) is 0 Å². The Morgan fingerprint density at radius 3 is 2.36 bits per heavy atom. The fraction of sp³-hybridized carbons (Fsp3) is 0.400. The summed E-state index contributed by atoms with van der Waals surface area (Å²) >= 11 is 0.159. The zero-order valence-electron chi connectivity index (χ0n) is 7.17. The molecule has 0 heterocycles. The molecular weight excluding hydrogens is 193 g/mol. The van der Waals surface area contributed by atoms with E-state index in [0.29, 0.717) is 0 Å². The fourth-order valence-corrected chi connectivity index (χ4v) is 3.13. The molecule has 0 amide bonds. The van der Waals surface area contributed by atoms with E-state index < -0.39 is 0 Å². The number of hydrogen-bond acceptors (Lipinski definition) is 0. The minimum absolute atomic E-state index is 0.159. The molecule has 0 saturated carbocycles. The Balaban J connectivity index is 2.39. The van der Waals surface area contributed by atoms with E-state index in [1.54, 1.807) is 4.40 Å². The number of rotatable bonds is 3. The quantitative estimate of drug-likeness (QED) is 0.665. The first-order valence-electron chi connectivity index (χ1n) is 4.08. The Morgan fingerprint density at radius 2 is 1.82 bits per heavy atom. The molecule has 0 bridgehead atoms. The summed E-state index contributed by atoms with van der Waals surface area (Å²) in [5.74, 6) is 0.871. The van der Waals surface area contributed by atoms with Crippen molar-refractivity contribution in [3.63, 3.8) is 0 Å². The van der Waals surface area contributed by atoms with Gasteiger partial charge >= 0.3 is 75.2 Å². The van der Waals surface area contributed by atoms with E-state index in [-0.39, 0.29) is 15.4 Å². The molecule has 0 atom stereocenters. The third-order valence-corrected chi connectivity index (χ3v) is 5.19. The molecule has 1 heteroatoms. The Kier molecular flexibility index (Phi) is 3.71. The van der Waals surface area contributed by atoms with Crippen LogP contribution in [0.4, 0.5) is 0 Å². The summed E-state index contributed by atoms with van der Waals surface area (Å²) in [5.41, 5.74) is 0. The summed E-state index contributed by atoms with van der Waals surface area (Å²) in [7, 11) is 0. The minimum atomic E-state index is 0.159. The van der Waals surface area contributed by atoms with Crippen molar-refractivity contribution in [1.29, 1.82) is 0 Å². The monoisotopic (exact) mass is 208 g/mol. The summed E-state index contributed by atoms with van der Waals surface area (Å²) in [6.07, 6.45) is 0. The average molecular weight is 207 g/mol. The Morgan fingerprint density at radius 1 is 1.18 bits per heavy atom. The van der Waals surface area contributed by atoms with E-state index in [2.05, 4.69) is 44.2 Å². The van der Waals surface area contributed by atoms with E-state index >= 15 is 0 Å². The van der Waals surface area contributed by atoms with Gasteiger partial charge in [0.25, 0.3) is 0 Å². The van der Waals surface area contributed by atoms with Crippen LogP contribution in [0.15, 0.2) is 30.3 Å². The van der Waals surface area contributed by atoms with Crippen molar-refractivity contribution in [2.45, 2.75) is 19.1 Å². The standard InChI is InChI=1S/C10H14Ge/c1-9(2)8-11-10-6-4-3-5-7-10/h3-7,9H,8H2,1-2H3. The van der Waals surface area contributed by atoms with Crippen molar-refractivity contribution in [3.05, 3.63) is 30.3 Å². The Bertz CT molecular complexity index is 191. The van der Waals surface area contributed by atoms with Gasteiger partial charge in [-0.25, -0.2) is 0 Å². The first-order valence-corrected chi connectivity index (χ1v) is 6.61. The summed E-state index contributed by atoms with van der Waals surface area (Å²) < 4.78 is 1.58. The molecule has 0 unspecified atom stereocenters. The van der Waals surface area contributed by atoms with Crippen LogP contribution in [-0.4, -0.2) is 15.4 Å². The van der Waals surface area contributed by atoms with E-state index in [9.17, 15) is 0 Å². The van der Waals surface area contributed by atoms with Gasteiger partial charge in [0.15, 0.2) is 0 Å². The van der Waals surface area contributed by atoms with Crippen molar-refractivity contribution >= 4 is 19.8 Å². The van der Waals surface area contributed by atoms with Crippen molar-refractivity contribution in [3.8, 4) is 0 Å². The SMILES string of the molecule is CC(C)[CH2][Ge][c]1ccccc1. The Labute approximate surface area is 75.5 Å². The molecular formula is C10H14Ge. The van der Waals surface area contributed by atoms with Gasteiger partial charge in [-0.2, -0.15) is 0 Å². The van der Waals surface area contributed by atoms with Crippen LogP contribution in [0.25, 0.3) is 0 Å². The zero-order chi connectivity index (χ0) is 8.10. The number of hydrogen-bond donors (Lipinski definition) is 0. The molecule has 1 aromatic carbocycles. The molecule has 0 fully saturated rings. The maximum atomic E-state index is 2.30. The van der Waals surface area contributed by atoms with E-state index in [0.717, 1.165) is 5.92 Å². The van der Waals surface area contributed by atoms with E-state index in [4.69, 9.17) is 0 Å². The van der Waals surface area contributed by atoms with Gasteiger partial charge in [-0.05, 0) is 0 Å².